The summed E-state index contributed by atoms with van der Waals surface area (Å²) >= 11 is 0. The number of nitrogens with one attached hydrogen (secondary N) is 5. The van der Waals surface area contributed by atoms with Crippen LogP contribution in [-0.4, -0.2) is 40.9 Å². The monoisotopic (exact) mass is 397 g/mol. The summed E-state index contributed by atoms with van der Waals surface area (Å²) in [7, 11) is 0. The Labute approximate surface area is 169 Å². The van der Waals surface area contributed by atoms with Crippen LogP contribution in [0.4, 0.5) is 5.69 Å². The average molecular weight is 397 g/mol. The summed E-state index contributed by atoms with van der Waals surface area (Å²) in [6.45, 7) is 3.30. The quantitative estimate of drug-likeness (QED) is 0.328. The lowest BCUT2D eigenvalue weighted by atomic mass is 10.2. The maximum Gasteiger partial charge on any atom is 0.269 e. The Morgan fingerprint density at radius 2 is 2.00 bits per heavy atom. The molecule has 2 aromatic rings. The summed E-state index contributed by atoms with van der Waals surface area (Å²) in [5, 5.41) is 12.1. The van der Waals surface area contributed by atoms with Gasteiger partial charge in [-0.3, -0.25) is 9.59 Å². The lowest BCUT2D eigenvalue weighted by Crippen LogP contribution is -2.34. The molecule has 0 unspecified atom stereocenters. The molecule has 2 amide bonds. The number of imidazole rings is 1. The zero-order valence-corrected chi connectivity index (χ0v) is 16.4. The van der Waals surface area contributed by atoms with E-state index >= 15 is 0 Å². The maximum atomic E-state index is 12.4. The Morgan fingerprint density at radius 1 is 1.24 bits per heavy atom. The van der Waals surface area contributed by atoms with Gasteiger partial charge in [-0.15, -0.1) is 0 Å². The highest BCUT2D eigenvalue weighted by atomic mass is 16.2. The lowest BCUT2D eigenvalue weighted by molar-refractivity contribution is -0.117. The van der Waals surface area contributed by atoms with Crippen LogP contribution in [0.2, 0.25) is 0 Å². The fourth-order valence-corrected chi connectivity index (χ4v) is 2.68. The van der Waals surface area contributed by atoms with Crippen LogP contribution in [0, 0.1) is 0 Å². The second kappa shape index (κ2) is 9.74. The van der Waals surface area contributed by atoms with Crippen molar-refractivity contribution in [3.05, 3.63) is 59.4 Å². The van der Waals surface area contributed by atoms with E-state index in [1.807, 2.05) is 6.92 Å². The molecule has 1 aliphatic rings. The number of carbonyl (C=O) groups excluding carboxylic acids is 2. The molecule has 0 spiro atoms. The first-order valence-electron chi connectivity index (χ1n) is 9.70. The molecule has 1 saturated carbocycles. The number of benzene rings is 1. The summed E-state index contributed by atoms with van der Waals surface area (Å²) in [5.41, 5.74) is 8.13. The van der Waals surface area contributed by atoms with Gasteiger partial charge in [-0.05, 0) is 44.0 Å². The number of hydrogen-bond acceptors (Lipinski definition) is 6. The summed E-state index contributed by atoms with van der Waals surface area (Å²) in [5.74, 6) is 0.378. The number of aromatic amines is 1. The molecule has 0 radical (unpaired) electrons. The highest BCUT2D eigenvalue weighted by molar-refractivity contribution is 5.95. The molecular weight excluding hydrogens is 370 g/mol. The predicted octanol–water partition coefficient (Wildman–Crippen LogP) is 0.810. The second-order valence-corrected chi connectivity index (χ2v) is 6.84. The molecule has 7 N–H and O–H groups in total. The van der Waals surface area contributed by atoms with E-state index in [4.69, 9.17) is 5.73 Å². The minimum atomic E-state index is -0.284. The molecule has 0 bridgehead atoms. The minimum Gasteiger partial charge on any atom is -0.393 e. The summed E-state index contributed by atoms with van der Waals surface area (Å²) in [6, 6.07) is 7.23. The van der Waals surface area contributed by atoms with E-state index in [1.165, 1.54) is 0 Å². The number of anilines is 1. The fraction of sp³-hybridized carbons (Fsp3) is 0.350. The van der Waals surface area contributed by atoms with Crippen LogP contribution < -0.4 is 27.0 Å². The van der Waals surface area contributed by atoms with Crippen molar-refractivity contribution in [3.8, 4) is 0 Å². The third-order valence-electron chi connectivity index (χ3n) is 4.41. The highest BCUT2D eigenvalue weighted by Gasteiger charge is 2.25. The van der Waals surface area contributed by atoms with E-state index in [0.29, 0.717) is 30.9 Å². The summed E-state index contributed by atoms with van der Waals surface area (Å²) < 4.78 is 0. The van der Waals surface area contributed by atoms with Crippen molar-refractivity contribution in [2.45, 2.75) is 32.4 Å². The lowest BCUT2D eigenvalue weighted by Gasteiger charge is -2.16. The standard InChI is InChI=1S/C20H27N7O2/c1-2-23-19(28)13-3-5-14(6-4-13)26-16(11-22-12-17-24-9-10-25-17)18(21)20(29)27-15-7-8-15/h3-6,9-10,15,22,26H,2,7-8,11-12,21H2,1H3,(H,23,28)(H,24,25)(H,27,29)/b18-16-. The first kappa shape index (κ1) is 20.4. The molecule has 0 atom stereocenters. The van der Waals surface area contributed by atoms with E-state index in [9.17, 15) is 9.59 Å². The van der Waals surface area contributed by atoms with Gasteiger partial charge in [0.1, 0.15) is 11.5 Å². The van der Waals surface area contributed by atoms with Gasteiger partial charge < -0.3 is 32.0 Å². The van der Waals surface area contributed by atoms with Gasteiger partial charge in [0, 0.05) is 42.8 Å². The molecular formula is C20H27N7O2. The zero-order valence-electron chi connectivity index (χ0n) is 16.4. The van der Waals surface area contributed by atoms with Gasteiger partial charge in [0.15, 0.2) is 0 Å². The predicted molar refractivity (Wildman–Crippen MR) is 111 cm³/mol. The van der Waals surface area contributed by atoms with Crippen LogP contribution in [-0.2, 0) is 11.3 Å². The van der Waals surface area contributed by atoms with Gasteiger partial charge in [0.25, 0.3) is 11.8 Å². The topological polar surface area (TPSA) is 137 Å². The van der Waals surface area contributed by atoms with Crippen LogP contribution in [0.1, 0.15) is 35.9 Å². The molecule has 9 heteroatoms. The summed E-state index contributed by atoms with van der Waals surface area (Å²) in [4.78, 5) is 31.5. The molecule has 0 saturated heterocycles. The molecule has 0 aliphatic heterocycles. The average Bonchev–Trinajstić information content (AvgIpc) is 3.38. The molecule has 3 rings (SSSR count). The Hall–Kier alpha value is -3.33. The zero-order chi connectivity index (χ0) is 20.6. The third-order valence-corrected chi connectivity index (χ3v) is 4.41. The number of nitrogens with zero attached hydrogens (tertiary/aromatic N) is 1. The molecule has 1 aliphatic carbocycles. The van der Waals surface area contributed by atoms with Crippen molar-refractivity contribution in [1.29, 1.82) is 0 Å². The van der Waals surface area contributed by atoms with E-state index < -0.39 is 0 Å². The van der Waals surface area contributed by atoms with Crippen LogP contribution in [0.15, 0.2) is 48.1 Å². The van der Waals surface area contributed by atoms with Gasteiger partial charge in [-0.1, -0.05) is 0 Å². The van der Waals surface area contributed by atoms with Gasteiger partial charge in [-0.2, -0.15) is 0 Å². The van der Waals surface area contributed by atoms with E-state index in [0.717, 1.165) is 24.4 Å². The van der Waals surface area contributed by atoms with Gasteiger partial charge in [-0.25, -0.2) is 4.98 Å². The molecule has 1 aromatic heterocycles. The SMILES string of the molecule is CCNC(=O)c1ccc(N/C(CNCc2ncc[nH]2)=C(\N)C(=O)NC2CC2)cc1. The Balaban J connectivity index is 1.69. The van der Waals surface area contributed by atoms with Gasteiger partial charge >= 0.3 is 0 Å². The summed E-state index contributed by atoms with van der Waals surface area (Å²) in [6.07, 6.45) is 5.40. The number of carbonyl (C=O) groups is 2. The number of aromatic nitrogens is 2. The fourth-order valence-electron chi connectivity index (χ4n) is 2.68. The van der Waals surface area contributed by atoms with Crippen molar-refractivity contribution in [1.82, 2.24) is 25.9 Å². The van der Waals surface area contributed by atoms with Crippen LogP contribution in [0.5, 0.6) is 0 Å². The number of nitrogens with two attached hydrogens (primary N) is 1. The maximum absolute atomic E-state index is 12.4. The van der Waals surface area contributed by atoms with Crippen LogP contribution in [0.3, 0.4) is 0 Å². The van der Waals surface area contributed by atoms with Gasteiger partial charge in [0.05, 0.1) is 12.2 Å². The Bertz CT molecular complexity index is 855. The van der Waals surface area contributed by atoms with Crippen LogP contribution in [0.25, 0.3) is 0 Å². The van der Waals surface area contributed by atoms with Crippen molar-refractivity contribution < 1.29 is 9.59 Å². The molecule has 9 nitrogen and oxygen atoms in total. The molecule has 1 heterocycles. The number of rotatable bonds is 10. The number of hydrogen-bond donors (Lipinski definition) is 6. The molecule has 1 aromatic carbocycles. The molecule has 29 heavy (non-hydrogen) atoms. The third kappa shape index (κ3) is 6.08. The first-order chi connectivity index (χ1) is 14.1. The van der Waals surface area contributed by atoms with Crippen molar-refractivity contribution in [2.24, 2.45) is 5.73 Å². The Morgan fingerprint density at radius 3 is 2.62 bits per heavy atom. The molecule has 154 valence electrons. The smallest absolute Gasteiger partial charge is 0.269 e. The van der Waals surface area contributed by atoms with Gasteiger partial charge in [0.2, 0.25) is 0 Å². The second-order valence-electron chi connectivity index (χ2n) is 6.84. The van der Waals surface area contributed by atoms with Crippen LogP contribution >= 0.6 is 0 Å². The van der Waals surface area contributed by atoms with Crippen molar-refractivity contribution in [3.63, 3.8) is 0 Å². The normalized spacial score (nSPS) is 14.1. The molecule has 1 fully saturated rings. The van der Waals surface area contributed by atoms with E-state index in [2.05, 4.69) is 31.2 Å². The van der Waals surface area contributed by atoms with E-state index in [1.54, 1.807) is 36.7 Å². The minimum absolute atomic E-state index is 0.127. The first-order valence-corrected chi connectivity index (χ1v) is 9.70. The highest BCUT2D eigenvalue weighted by Crippen LogP contribution is 2.19. The number of amides is 2. The largest absolute Gasteiger partial charge is 0.393 e. The van der Waals surface area contributed by atoms with Crippen molar-refractivity contribution >= 4 is 17.5 Å². The van der Waals surface area contributed by atoms with E-state index in [-0.39, 0.29) is 23.6 Å². The Kier molecular flexibility index (Phi) is 6.85. The number of H-pyrrole nitrogens is 1. The van der Waals surface area contributed by atoms with Crippen molar-refractivity contribution in [2.75, 3.05) is 18.4 Å².